The summed E-state index contributed by atoms with van der Waals surface area (Å²) in [6, 6.07) is 1.24. The Morgan fingerprint density at radius 1 is 1.44 bits per heavy atom. The van der Waals surface area contributed by atoms with Gasteiger partial charge >= 0.3 is 0 Å². The van der Waals surface area contributed by atoms with Crippen molar-refractivity contribution >= 4 is 0 Å². The lowest BCUT2D eigenvalue weighted by Gasteiger charge is -2.40. The Morgan fingerprint density at radius 3 is 2.69 bits per heavy atom. The van der Waals surface area contributed by atoms with Gasteiger partial charge in [-0.05, 0) is 46.2 Å². The fourth-order valence-electron chi connectivity index (χ4n) is 2.54. The van der Waals surface area contributed by atoms with E-state index in [9.17, 15) is 0 Å². The summed E-state index contributed by atoms with van der Waals surface area (Å²) in [5.74, 6) is 0.704. The van der Waals surface area contributed by atoms with E-state index in [1.165, 1.54) is 19.4 Å². The highest BCUT2D eigenvalue weighted by molar-refractivity contribution is 4.82. The van der Waals surface area contributed by atoms with Crippen molar-refractivity contribution < 1.29 is 4.74 Å². The second-order valence-corrected chi connectivity index (χ2v) is 5.31. The summed E-state index contributed by atoms with van der Waals surface area (Å²) in [5, 5.41) is 3.31. The van der Waals surface area contributed by atoms with Gasteiger partial charge in [-0.3, -0.25) is 4.90 Å². The van der Waals surface area contributed by atoms with E-state index in [0.717, 1.165) is 6.54 Å². The third-order valence-electron chi connectivity index (χ3n) is 4.03. The van der Waals surface area contributed by atoms with Crippen LogP contribution in [0.4, 0.5) is 0 Å². The molecule has 0 radical (unpaired) electrons. The van der Waals surface area contributed by atoms with Gasteiger partial charge in [-0.15, -0.1) is 0 Å². The Labute approximate surface area is 101 Å². The summed E-state index contributed by atoms with van der Waals surface area (Å²) in [6.45, 7) is 9.19. The van der Waals surface area contributed by atoms with E-state index < -0.39 is 0 Å². The second kappa shape index (κ2) is 6.58. The quantitative estimate of drug-likeness (QED) is 0.775. The topological polar surface area (TPSA) is 24.5 Å². The summed E-state index contributed by atoms with van der Waals surface area (Å²) in [4.78, 5) is 2.57. The van der Waals surface area contributed by atoms with Crippen molar-refractivity contribution in [3.63, 3.8) is 0 Å². The molecule has 3 nitrogen and oxygen atoms in total. The van der Waals surface area contributed by atoms with Gasteiger partial charge in [0.15, 0.2) is 0 Å². The average molecular weight is 228 g/mol. The molecule has 0 aliphatic carbocycles. The molecule has 0 spiro atoms. The predicted octanol–water partition coefficient (Wildman–Crippen LogP) is 1.73. The highest BCUT2D eigenvalue weighted by Gasteiger charge is 2.28. The first-order valence-corrected chi connectivity index (χ1v) is 6.52. The van der Waals surface area contributed by atoms with Crippen LogP contribution in [-0.4, -0.2) is 50.3 Å². The molecule has 4 atom stereocenters. The van der Waals surface area contributed by atoms with Crippen molar-refractivity contribution in [3.8, 4) is 0 Å². The van der Waals surface area contributed by atoms with Crippen molar-refractivity contribution in [1.29, 1.82) is 0 Å². The number of nitrogens with zero attached hydrogens (tertiary/aromatic N) is 1. The molecule has 1 saturated heterocycles. The fraction of sp³-hybridized carbons (Fsp3) is 1.00. The Morgan fingerprint density at radius 2 is 2.12 bits per heavy atom. The minimum absolute atomic E-state index is 0.418. The van der Waals surface area contributed by atoms with Crippen LogP contribution < -0.4 is 5.32 Å². The van der Waals surface area contributed by atoms with Crippen LogP contribution in [-0.2, 0) is 4.74 Å². The van der Waals surface area contributed by atoms with E-state index in [4.69, 9.17) is 4.74 Å². The molecule has 0 bridgehead atoms. The number of hydrogen-bond acceptors (Lipinski definition) is 3. The van der Waals surface area contributed by atoms with Crippen LogP contribution >= 0.6 is 0 Å². The zero-order valence-electron chi connectivity index (χ0n) is 11.5. The summed E-state index contributed by atoms with van der Waals surface area (Å²) in [6.07, 6.45) is 2.89. The third kappa shape index (κ3) is 3.72. The van der Waals surface area contributed by atoms with Crippen molar-refractivity contribution in [1.82, 2.24) is 10.2 Å². The van der Waals surface area contributed by atoms with Gasteiger partial charge in [-0.1, -0.05) is 6.92 Å². The molecule has 0 aromatic rings. The second-order valence-electron chi connectivity index (χ2n) is 5.31. The van der Waals surface area contributed by atoms with Crippen LogP contribution in [0.25, 0.3) is 0 Å². The molecule has 4 unspecified atom stereocenters. The van der Waals surface area contributed by atoms with Crippen molar-refractivity contribution in [2.24, 2.45) is 5.92 Å². The van der Waals surface area contributed by atoms with E-state index in [0.29, 0.717) is 24.1 Å². The first-order chi connectivity index (χ1) is 7.58. The van der Waals surface area contributed by atoms with E-state index in [2.05, 4.69) is 31.0 Å². The van der Waals surface area contributed by atoms with Gasteiger partial charge in [0.25, 0.3) is 0 Å². The molecule has 0 amide bonds. The monoisotopic (exact) mass is 228 g/mol. The van der Waals surface area contributed by atoms with Crippen LogP contribution in [0, 0.1) is 5.92 Å². The molecule has 0 aromatic carbocycles. The van der Waals surface area contributed by atoms with Crippen molar-refractivity contribution in [2.75, 3.05) is 27.2 Å². The summed E-state index contributed by atoms with van der Waals surface area (Å²) >= 11 is 0. The number of ether oxygens (including phenoxy) is 1. The van der Waals surface area contributed by atoms with Crippen molar-refractivity contribution in [2.45, 2.75) is 51.8 Å². The molecule has 1 rings (SSSR count). The third-order valence-corrected chi connectivity index (χ3v) is 4.03. The van der Waals surface area contributed by atoms with Crippen LogP contribution in [0.2, 0.25) is 0 Å². The van der Waals surface area contributed by atoms with Gasteiger partial charge in [0.1, 0.15) is 0 Å². The zero-order chi connectivity index (χ0) is 12.1. The Bertz CT molecular complexity index is 198. The Kier molecular flexibility index (Phi) is 5.73. The summed E-state index contributed by atoms with van der Waals surface area (Å²) < 4.78 is 5.56. The van der Waals surface area contributed by atoms with Gasteiger partial charge in [-0.2, -0.15) is 0 Å². The molecule has 1 aliphatic heterocycles. The molecule has 0 saturated carbocycles. The van der Waals surface area contributed by atoms with Gasteiger partial charge in [0.2, 0.25) is 0 Å². The lowest BCUT2D eigenvalue weighted by molar-refractivity contribution is -0.0185. The van der Waals surface area contributed by atoms with Gasteiger partial charge in [-0.25, -0.2) is 0 Å². The van der Waals surface area contributed by atoms with E-state index in [-0.39, 0.29) is 0 Å². The standard InChI is InChI=1S/C13H28N2O/c1-10-6-7-15(9-13(10)16-5)12(3)8-11(2)14-4/h10-14H,6-9H2,1-5H3. The number of rotatable bonds is 5. The number of piperidine rings is 1. The Hall–Kier alpha value is -0.120. The summed E-state index contributed by atoms with van der Waals surface area (Å²) in [7, 11) is 3.87. The largest absolute Gasteiger partial charge is 0.380 e. The van der Waals surface area contributed by atoms with Gasteiger partial charge < -0.3 is 10.1 Å². The molecule has 1 aliphatic rings. The normalized spacial score (nSPS) is 31.3. The molecule has 16 heavy (non-hydrogen) atoms. The first kappa shape index (κ1) is 13.9. The molecule has 96 valence electrons. The fourth-order valence-corrected chi connectivity index (χ4v) is 2.54. The van der Waals surface area contributed by atoms with Gasteiger partial charge in [0.05, 0.1) is 6.10 Å². The summed E-state index contributed by atoms with van der Waals surface area (Å²) in [5.41, 5.74) is 0. The molecule has 1 heterocycles. The lowest BCUT2D eigenvalue weighted by Crippen LogP contribution is -2.48. The SMILES string of the molecule is CNC(C)CC(C)N1CCC(C)C(OC)C1. The van der Waals surface area contributed by atoms with Crippen LogP contribution in [0.3, 0.4) is 0 Å². The number of likely N-dealkylation sites (tertiary alicyclic amines) is 1. The minimum atomic E-state index is 0.418. The predicted molar refractivity (Wildman–Crippen MR) is 68.8 cm³/mol. The van der Waals surface area contributed by atoms with Crippen LogP contribution in [0.5, 0.6) is 0 Å². The number of methoxy groups -OCH3 is 1. The maximum atomic E-state index is 5.56. The highest BCUT2D eigenvalue weighted by Crippen LogP contribution is 2.22. The zero-order valence-corrected chi connectivity index (χ0v) is 11.5. The van der Waals surface area contributed by atoms with E-state index >= 15 is 0 Å². The van der Waals surface area contributed by atoms with Crippen LogP contribution in [0.1, 0.15) is 33.6 Å². The highest BCUT2D eigenvalue weighted by atomic mass is 16.5. The molecule has 0 aromatic heterocycles. The molecule has 1 N–H and O–H groups in total. The first-order valence-electron chi connectivity index (χ1n) is 6.52. The van der Waals surface area contributed by atoms with E-state index in [1.807, 2.05) is 14.2 Å². The molecule has 3 heteroatoms. The van der Waals surface area contributed by atoms with Crippen LogP contribution in [0.15, 0.2) is 0 Å². The molecular weight excluding hydrogens is 200 g/mol. The number of nitrogens with one attached hydrogen (secondary N) is 1. The van der Waals surface area contributed by atoms with Gasteiger partial charge in [0, 0.05) is 25.7 Å². The maximum absolute atomic E-state index is 5.56. The molecule has 1 fully saturated rings. The lowest BCUT2D eigenvalue weighted by atomic mass is 9.94. The minimum Gasteiger partial charge on any atom is -0.380 e. The Balaban J connectivity index is 2.42. The van der Waals surface area contributed by atoms with E-state index in [1.54, 1.807) is 0 Å². The molecular formula is C13H28N2O. The van der Waals surface area contributed by atoms with Crippen molar-refractivity contribution in [3.05, 3.63) is 0 Å². The maximum Gasteiger partial charge on any atom is 0.0724 e. The smallest absolute Gasteiger partial charge is 0.0724 e. The average Bonchev–Trinajstić information content (AvgIpc) is 2.29. The number of hydrogen-bond donors (Lipinski definition) is 1.